The van der Waals surface area contributed by atoms with Gasteiger partial charge in [-0.15, -0.1) is 11.8 Å². The summed E-state index contributed by atoms with van der Waals surface area (Å²) in [5.41, 5.74) is 0. The molecule has 19 heavy (non-hydrogen) atoms. The molecule has 8 heteroatoms. The first kappa shape index (κ1) is 13.9. The second-order valence-electron chi connectivity index (χ2n) is 3.84. The van der Waals surface area contributed by atoms with Gasteiger partial charge < -0.3 is 0 Å². The number of hydrogen-bond donors (Lipinski definition) is 0. The first-order valence-electron chi connectivity index (χ1n) is 5.58. The van der Waals surface area contributed by atoms with Crippen LogP contribution in [0.2, 0.25) is 0 Å². The molecule has 1 fully saturated rings. The van der Waals surface area contributed by atoms with E-state index in [0.29, 0.717) is 12.2 Å². The number of nitrogens with zero attached hydrogens (tertiary/aromatic N) is 2. The Balaban J connectivity index is 2.40. The van der Waals surface area contributed by atoms with E-state index in [1.165, 1.54) is 23.9 Å². The van der Waals surface area contributed by atoms with Crippen LogP contribution in [0.5, 0.6) is 0 Å². The summed E-state index contributed by atoms with van der Waals surface area (Å²) in [6.45, 7) is 0.268. The third-order valence-electron chi connectivity index (χ3n) is 2.55. The molecule has 1 aromatic rings. The Kier molecular flexibility index (Phi) is 4.11. The summed E-state index contributed by atoms with van der Waals surface area (Å²) in [7, 11) is -3.72. The zero-order chi connectivity index (χ0) is 13.9. The van der Waals surface area contributed by atoms with E-state index in [2.05, 4.69) is 0 Å². The predicted molar refractivity (Wildman–Crippen MR) is 72.5 cm³/mol. The SMILES string of the molecule is O=[N+]([O-])C=C1SCCCN1S(=O)(=O)c1ccccc1. The van der Waals surface area contributed by atoms with Gasteiger partial charge in [-0.05, 0) is 18.6 Å². The van der Waals surface area contributed by atoms with Crippen LogP contribution in [-0.2, 0) is 10.0 Å². The van der Waals surface area contributed by atoms with E-state index in [0.717, 1.165) is 10.5 Å². The summed E-state index contributed by atoms with van der Waals surface area (Å²) < 4.78 is 26.0. The molecule has 2 rings (SSSR count). The molecule has 0 aliphatic carbocycles. The van der Waals surface area contributed by atoms with Crippen molar-refractivity contribution in [3.8, 4) is 0 Å². The normalized spacial score (nSPS) is 18.5. The highest BCUT2D eigenvalue weighted by molar-refractivity contribution is 8.04. The first-order valence-corrected chi connectivity index (χ1v) is 8.00. The molecule has 0 spiro atoms. The van der Waals surface area contributed by atoms with Crippen LogP contribution in [0.4, 0.5) is 0 Å². The van der Waals surface area contributed by atoms with Crippen LogP contribution in [0.3, 0.4) is 0 Å². The molecule has 0 atom stereocenters. The standard InChI is InChI=1S/C11H12N2O4S2/c14-13(15)9-11-12(7-4-8-18-11)19(16,17)10-5-2-1-3-6-10/h1-3,5-6,9H,4,7-8H2. The Hall–Kier alpha value is -1.54. The van der Waals surface area contributed by atoms with Gasteiger partial charge in [0.25, 0.3) is 16.2 Å². The van der Waals surface area contributed by atoms with Crippen LogP contribution in [0.1, 0.15) is 6.42 Å². The first-order chi connectivity index (χ1) is 9.01. The highest BCUT2D eigenvalue weighted by Gasteiger charge is 2.30. The topological polar surface area (TPSA) is 80.5 Å². The van der Waals surface area contributed by atoms with Crippen LogP contribution in [0.15, 0.2) is 46.5 Å². The van der Waals surface area contributed by atoms with Gasteiger partial charge in [0.2, 0.25) is 0 Å². The average Bonchev–Trinajstić information content (AvgIpc) is 2.39. The van der Waals surface area contributed by atoms with Crippen LogP contribution >= 0.6 is 11.8 Å². The van der Waals surface area contributed by atoms with Gasteiger partial charge in [0, 0.05) is 12.3 Å². The Morgan fingerprint density at radius 3 is 2.63 bits per heavy atom. The summed E-state index contributed by atoms with van der Waals surface area (Å²) in [5.74, 6) is 0.681. The van der Waals surface area contributed by atoms with Gasteiger partial charge in [-0.1, -0.05) is 18.2 Å². The number of nitro groups is 1. The molecule has 1 saturated heterocycles. The second kappa shape index (κ2) is 5.62. The third kappa shape index (κ3) is 3.07. The minimum atomic E-state index is -3.72. The van der Waals surface area contributed by atoms with Gasteiger partial charge in [0.15, 0.2) is 5.03 Å². The summed E-state index contributed by atoms with van der Waals surface area (Å²) in [6.07, 6.45) is 1.43. The van der Waals surface area contributed by atoms with E-state index in [1.54, 1.807) is 18.2 Å². The fourth-order valence-corrected chi connectivity index (χ4v) is 4.46. The molecule has 0 bridgehead atoms. The van der Waals surface area contributed by atoms with E-state index in [1.807, 2.05) is 0 Å². The lowest BCUT2D eigenvalue weighted by molar-refractivity contribution is -0.403. The van der Waals surface area contributed by atoms with Gasteiger partial charge in [0.05, 0.1) is 9.82 Å². The number of hydrogen-bond acceptors (Lipinski definition) is 5. The van der Waals surface area contributed by atoms with Gasteiger partial charge >= 0.3 is 0 Å². The minimum Gasteiger partial charge on any atom is -0.259 e. The fourth-order valence-electron chi connectivity index (χ4n) is 1.72. The van der Waals surface area contributed by atoms with E-state index in [9.17, 15) is 18.5 Å². The van der Waals surface area contributed by atoms with Crippen molar-refractivity contribution < 1.29 is 13.3 Å². The summed E-state index contributed by atoms with van der Waals surface area (Å²) in [4.78, 5) is 10.1. The van der Waals surface area contributed by atoms with Crippen molar-refractivity contribution in [2.75, 3.05) is 12.3 Å². The Bertz CT molecular complexity index is 598. The summed E-state index contributed by atoms with van der Waals surface area (Å²) >= 11 is 1.19. The number of thioether (sulfide) groups is 1. The lowest BCUT2D eigenvalue weighted by Gasteiger charge is -2.28. The lowest BCUT2D eigenvalue weighted by atomic mass is 10.4. The van der Waals surface area contributed by atoms with Crippen molar-refractivity contribution in [3.05, 3.63) is 51.7 Å². The molecule has 1 aliphatic heterocycles. The Labute approximate surface area is 115 Å². The maximum absolute atomic E-state index is 12.4. The fraction of sp³-hybridized carbons (Fsp3) is 0.273. The molecule has 0 amide bonds. The van der Waals surface area contributed by atoms with Crippen LogP contribution in [-0.4, -0.2) is 29.9 Å². The molecule has 1 aliphatic rings. The van der Waals surface area contributed by atoms with Crippen molar-refractivity contribution in [2.24, 2.45) is 0 Å². The highest BCUT2D eigenvalue weighted by Crippen LogP contribution is 2.31. The molecule has 0 unspecified atom stereocenters. The van der Waals surface area contributed by atoms with E-state index >= 15 is 0 Å². The maximum atomic E-state index is 12.4. The van der Waals surface area contributed by atoms with Crippen LogP contribution in [0.25, 0.3) is 0 Å². The summed E-state index contributed by atoms with van der Waals surface area (Å²) in [6, 6.07) is 7.94. The maximum Gasteiger partial charge on any atom is 0.265 e. The zero-order valence-electron chi connectivity index (χ0n) is 9.93. The molecule has 0 radical (unpaired) electrons. The number of sulfonamides is 1. The second-order valence-corrected chi connectivity index (χ2v) is 6.82. The molecule has 1 heterocycles. The van der Waals surface area contributed by atoms with Gasteiger partial charge in [-0.3, -0.25) is 14.4 Å². The Morgan fingerprint density at radius 2 is 2.00 bits per heavy atom. The molecule has 0 N–H and O–H groups in total. The minimum absolute atomic E-state index is 0.145. The summed E-state index contributed by atoms with van der Waals surface area (Å²) in [5, 5.41) is 10.7. The van der Waals surface area contributed by atoms with Crippen molar-refractivity contribution >= 4 is 21.8 Å². The Morgan fingerprint density at radius 1 is 1.32 bits per heavy atom. The largest absolute Gasteiger partial charge is 0.265 e. The molecular weight excluding hydrogens is 288 g/mol. The van der Waals surface area contributed by atoms with E-state index in [4.69, 9.17) is 0 Å². The van der Waals surface area contributed by atoms with Crippen LogP contribution in [0, 0.1) is 10.1 Å². The molecule has 1 aromatic carbocycles. The molecular formula is C11H12N2O4S2. The van der Waals surface area contributed by atoms with Crippen molar-refractivity contribution in [2.45, 2.75) is 11.3 Å². The predicted octanol–water partition coefficient (Wildman–Crippen LogP) is 1.89. The lowest BCUT2D eigenvalue weighted by Crippen LogP contribution is -2.33. The van der Waals surface area contributed by atoms with Gasteiger partial charge in [0.1, 0.15) is 0 Å². The quantitative estimate of drug-likeness (QED) is 0.629. The molecule has 6 nitrogen and oxygen atoms in total. The van der Waals surface area contributed by atoms with Gasteiger partial charge in [-0.25, -0.2) is 8.42 Å². The van der Waals surface area contributed by atoms with Crippen LogP contribution < -0.4 is 0 Å². The average molecular weight is 300 g/mol. The third-order valence-corrected chi connectivity index (χ3v) is 5.61. The van der Waals surface area contributed by atoms with Crippen molar-refractivity contribution in [1.29, 1.82) is 0 Å². The van der Waals surface area contributed by atoms with Crippen molar-refractivity contribution in [3.63, 3.8) is 0 Å². The van der Waals surface area contributed by atoms with E-state index < -0.39 is 14.9 Å². The van der Waals surface area contributed by atoms with Crippen molar-refractivity contribution in [1.82, 2.24) is 4.31 Å². The van der Waals surface area contributed by atoms with Gasteiger partial charge in [-0.2, -0.15) is 0 Å². The zero-order valence-corrected chi connectivity index (χ0v) is 11.6. The molecule has 0 saturated carbocycles. The van der Waals surface area contributed by atoms with E-state index in [-0.39, 0.29) is 16.5 Å². The molecule has 102 valence electrons. The monoisotopic (exact) mass is 300 g/mol. The highest BCUT2D eigenvalue weighted by atomic mass is 32.2. The molecule has 0 aromatic heterocycles. The number of rotatable bonds is 3. The smallest absolute Gasteiger partial charge is 0.259 e. The number of benzene rings is 1.